The molecule has 1 aliphatic rings. The maximum atomic E-state index is 12.1. The molecule has 0 saturated heterocycles. The van der Waals surface area contributed by atoms with Gasteiger partial charge in [-0.15, -0.1) is 0 Å². The van der Waals surface area contributed by atoms with E-state index in [2.05, 4.69) is 11.8 Å². The second kappa shape index (κ2) is 5.35. The molecule has 0 aliphatic heterocycles. The van der Waals surface area contributed by atoms with Crippen LogP contribution in [0, 0.1) is 11.8 Å². The summed E-state index contributed by atoms with van der Waals surface area (Å²) in [5, 5.41) is 8.75. The van der Waals surface area contributed by atoms with Crippen LogP contribution in [0.25, 0.3) is 11.1 Å². The highest BCUT2D eigenvalue weighted by Gasteiger charge is 2.29. The van der Waals surface area contributed by atoms with Crippen LogP contribution in [-0.2, 0) is 0 Å². The fourth-order valence-electron chi connectivity index (χ4n) is 2.42. The van der Waals surface area contributed by atoms with Crippen LogP contribution in [0.15, 0.2) is 42.5 Å². The Morgan fingerprint density at radius 1 is 0.857 bits per heavy atom. The number of Topliss-reactive ketones (excluding diaryl/α,β-unsaturated/α-hetero) is 2. The molecule has 0 radical (unpaired) electrons. The van der Waals surface area contributed by atoms with Crippen LogP contribution in [0.5, 0.6) is 0 Å². The molecule has 1 N–H and O–H groups in total. The lowest BCUT2D eigenvalue weighted by atomic mass is 9.83. The molecule has 0 unspecified atom stereocenters. The zero-order valence-corrected chi connectivity index (χ0v) is 11.2. The number of benzene rings is 2. The SMILES string of the molecule is O=C1C(=O)c2ccc(C#CCCO)cc2-c2ccccc21. The molecule has 102 valence electrons. The number of carbonyl (C=O) groups excluding carboxylic acids is 2. The Morgan fingerprint density at radius 2 is 1.52 bits per heavy atom. The molecule has 0 aromatic heterocycles. The van der Waals surface area contributed by atoms with E-state index in [4.69, 9.17) is 5.11 Å². The molecule has 2 aromatic rings. The summed E-state index contributed by atoms with van der Waals surface area (Å²) in [6.45, 7) is 0.0216. The Morgan fingerprint density at radius 3 is 2.24 bits per heavy atom. The first kappa shape index (κ1) is 13.3. The third-order valence-corrected chi connectivity index (χ3v) is 3.40. The molecule has 21 heavy (non-hydrogen) atoms. The lowest BCUT2D eigenvalue weighted by Crippen LogP contribution is -2.21. The number of hydrogen-bond donors (Lipinski definition) is 1. The van der Waals surface area contributed by atoms with Gasteiger partial charge in [0.2, 0.25) is 11.6 Å². The summed E-state index contributed by atoms with van der Waals surface area (Å²) < 4.78 is 0. The van der Waals surface area contributed by atoms with Gasteiger partial charge >= 0.3 is 0 Å². The quantitative estimate of drug-likeness (QED) is 0.643. The van der Waals surface area contributed by atoms with Crippen molar-refractivity contribution in [2.75, 3.05) is 6.61 Å². The van der Waals surface area contributed by atoms with Crippen molar-refractivity contribution in [3.05, 3.63) is 59.2 Å². The zero-order chi connectivity index (χ0) is 14.8. The molecule has 0 saturated carbocycles. The number of fused-ring (bicyclic) bond motifs is 3. The Hall–Kier alpha value is -2.70. The highest BCUT2D eigenvalue weighted by molar-refractivity contribution is 6.53. The maximum absolute atomic E-state index is 12.1. The number of hydrogen-bond acceptors (Lipinski definition) is 3. The molecule has 0 bridgehead atoms. The van der Waals surface area contributed by atoms with Gasteiger partial charge in [0.15, 0.2) is 0 Å². The molecule has 3 heteroatoms. The largest absolute Gasteiger partial charge is 0.395 e. The van der Waals surface area contributed by atoms with Gasteiger partial charge in [-0.05, 0) is 29.3 Å². The van der Waals surface area contributed by atoms with E-state index in [1.54, 1.807) is 24.3 Å². The van der Waals surface area contributed by atoms with Gasteiger partial charge in [0.1, 0.15) is 0 Å². The minimum atomic E-state index is -0.474. The smallest absolute Gasteiger partial charge is 0.234 e. The fraction of sp³-hybridized carbons (Fsp3) is 0.111. The third kappa shape index (κ3) is 2.26. The highest BCUT2D eigenvalue weighted by atomic mass is 16.2. The third-order valence-electron chi connectivity index (χ3n) is 3.40. The monoisotopic (exact) mass is 276 g/mol. The Balaban J connectivity index is 2.16. The Labute approximate surface area is 122 Å². The fourth-order valence-corrected chi connectivity index (χ4v) is 2.42. The molecule has 0 atom stereocenters. The van der Waals surface area contributed by atoms with E-state index in [1.807, 2.05) is 18.2 Å². The first-order valence-corrected chi connectivity index (χ1v) is 6.64. The van der Waals surface area contributed by atoms with Crippen molar-refractivity contribution in [1.29, 1.82) is 0 Å². The van der Waals surface area contributed by atoms with Crippen molar-refractivity contribution < 1.29 is 14.7 Å². The van der Waals surface area contributed by atoms with Crippen LogP contribution in [0.1, 0.15) is 32.7 Å². The van der Waals surface area contributed by atoms with E-state index in [1.165, 1.54) is 0 Å². The predicted octanol–water partition coefficient (Wildman–Crippen LogP) is 2.47. The van der Waals surface area contributed by atoms with Gasteiger partial charge in [-0.25, -0.2) is 0 Å². The van der Waals surface area contributed by atoms with Crippen molar-refractivity contribution in [2.45, 2.75) is 6.42 Å². The molecule has 0 amide bonds. The van der Waals surface area contributed by atoms with Gasteiger partial charge < -0.3 is 5.11 Å². The second-order valence-corrected chi connectivity index (χ2v) is 4.74. The number of rotatable bonds is 1. The lowest BCUT2D eigenvalue weighted by Gasteiger charge is -2.17. The summed E-state index contributed by atoms with van der Waals surface area (Å²) in [7, 11) is 0. The Bertz CT molecular complexity index is 807. The van der Waals surface area contributed by atoms with E-state index in [0.29, 0.717) is 17.5 Å². The summed E-state index contributed by atoms with van der Waals surface area (Å²) >= 11 is 0. The van der Waals surface area contributed by atoms with E-state index < -0.39 is 11.6 Å². The molecule has 1 aliphatic carbocycles. The molecular weight excluding hydrogens is 264 g/mol. The van der Waals surface area contributed by atoms with Crippen LogP contribution in [0.2, 0.25) is 0 Å². The lowest BCUT2D eigenvalue weighted by molar-refractivity contribution is 0.0815. The van der Waals surface area contributed by atoms with Crippen LogP contribution >= 0.6 is 0 Å². The average Bonchev–Trinajstić information content (AvgIpc) is 2.53. The summed E-state index contributed by atoms with van der Waals surface area (Å²) in [5.74, 6) is 4.86. The van der Waals surface area contributed by atoms with Crippen LogP contribution in [0.3, 0.4) is 0 Å². The normalized spacial score (nSPS) is 12.2. The molecule has 0 heterocycles. The Kier molecular flexibility index (Phi) is 3.39. The summed E-state index contributed by atoms with van der Waals surface area (Å²) in [4.78, 5) is 24.2. The van der Waals surface area contributed by atoms with Crippen LogP contribution < -0.4 is 0 Å². The highest BCUT2D eigenvalue weighted by Crippen LogP contribution is 2.33. The first-order valence-electron chi connectivity index (χ1n) is 6.64. The second-order valence-electron chi connectivity index (χ2n) is 4.74. The van der Waals surface area contributed by atoms with E-state index in [9.17, 15) is 9.59 Å². The van der Waals surface area contributed by atoms with Crippen LogP contribution in [0.4, 0.5) is 0 Å². The number of carbonyl (C=O) groups is 2. The zero-order valence-electron chi connectivity index (χ0n) is 11.2. The number of ketones is 2. The van der Waals surface area contributed by atoms with Gasteiger partial charge in [0.25, 0.3) is 0 Å². The van der Waals surface area contributed by atoms with Crippen molar-refractivity contribution in [3.8, 4) is 23.0 Å². The van der Waals surface area contributed by atoms with Crippen LogP contribution in [-0.4, -0.2) is 23.3 Å². The van der Waals surface area contributed by atoms with Gasteiger partial charge in [0.05, 0.1) is 6.61 Å². The van der Waals surface area contributed by atoms with E-state index in [-0.39, 0.29) is 6.61 Å². The van der Waals surface area contributed by atoms with Gasteiger partial charge in [-0.3, -0.25) is 9.59 Å². The standard InChI is InChI=1S/C18H12O3/c19-10-4-3-5-12-8-9-15-16(11-12)13-6-1-2-7-14(13)17(20)18(15)21/h1-2,6-9,11,19H,4,10H2. The first-order chi connectivity index (χ1) is 10.2. The summed E-state index contributed by atoms with van der Waals surface area (Å²) in [5.41, 5.74) is 3.13. The topological polar surface area (TPSA) is 54.4 Å². The molecule has 3 rings (SSSR count). The molecule has 2 aromatic carbocycles. The predicted molar refractivity (Wildman–Crippen MR) is 79.1 cm³/mol. The van der Waals surface area contributed by atoms with Gasteiger partial charge in [-0.2, -0.15) is 0 Å². The van der Waals surface area contributed by atoms with Gasteiger partial charge in [0, 0.05) is 23.1 Å². The van der Waals surface area contributed by atoms with Crippen molar-refractivity contribution >= 4 is 11.6 Å². The molecular formula is C18H12O3. The van der Waals surface area contributed by atoms with Gasteiger partial charge in [-0.1, -0.05) is 36.1 Å². The number of aliphatic hydroxyl groups excluding tert-OH is 1. The van der Waals surface area contributed by atoms with E-state index >= 15 is 0 Å². The van der Waals surface area contributed by atoms with Crippen molar-refractivity contribution in [1.82, 2.24) is 0 Å². The molecule has 3 nitrogen and oxygen atoms in total. The summed E-state index contributed by atoms with van der Waals surface area (Å²) in [6.07, 6.45) is 0.408. The minimum absolute atomic E-state index is 0.0216. The van der Waals surface area contributed by atoms with Crippen molar-refractivity contribution in [2.24, 2.45) is 0 Å². The maximum Gasteiger partial charge on any atom is 0.234 e. The minimum Gasteiger partial charge on any atom is -0.395 e. The average molecular weight is 276 g/mol. The van der Waals surface area contributed by atoms with Crippen molar-refractivity contribution in [3.63, 3.8) is 0 Å². The summed E-state index contributed by atoms with van der Waals surface area (Å²) in [6, 6.07) is 12.3. The molecule has 0 fully saturated rings. The number of aliphatic hydroxyl groups is 1. The van der Waals surface area contributed by atoms with E-state index in [0.717, 1.165) is 16.7 Å². The molecule has 0 spiro atoms.